The Kier molecular flexibility index (Phi) is 7.63. The van der Waals surface area contributed by atoms with Crippen LogP contribution in [0, 0.1) is 10.8 Å². The van der Waals surface area contributed by atoms with Crippen LogP contribution >= 0.6 is 0 Å². The molecule has 4 aliphatic carbocycles. The molecule has 2 saturated carbocycles. The molecule has 8 nitrogen and oxygen atoms in total. The van der Waals surface area contributed by atoms with Crippen LogP contribution in [0.3, 0.4) is 0 Å². The zero-order chi connectivity index (χ0) is 31.4. The molecule has 0 aromatic carbocycles. The number of fused-ring (bicyclic) bond motifs is 10. The average Bonchev–Trinajstić information content (AvgIpc) is 3.78. The number of hydrogen-bond acceptors (Lipinski definition) is 6. The third-order valence-corrected chi connectivity index (χ3v) is 12.8. The Bertz CT molecular complexity index is 1620. The van der Waals surface area contributed by atoms with E-state index in [0.29, 0.717) is 23.7 Å². The smallest absolute Gasteiger partial charge is 0.573 e. The van der Waals surface area contributed by atoms with Gasteiger partial charge in [0.2, 0.25) is 0 Å². The van der Waals surface area contributed by atoms with Gasteiger partial charge in [-0.1, -0.05) is 80.6 Å². The third kappa shape index (κ3) is 4.33. The molecule has 9 heteroatoms. The Balaban J connectivity index is 0.000000155. The van der Waals surface area contributed by atoms with Gasteiger partial charge >= 0.3 is 21.1 Å². The summed E-state index contributed by atoms with van der Waals surface area (Å²) >= 11 is 0. The SMILES string of the molecule is CC(C)c1cc(-c2[n-]nc3c2C2CCC3(C)C2(C)C)ncn1.CC(C)c1cc(-c2[n-]nc3c2C2CCC3(C)C2(C)C)ncn1.[Pt+2]. The normalized spacial score (nSPS) is 27.7. The Morgan fingerprint density at radius 3 is 1.36 bits per heavy atom. The second-order valence-corrected chi connectivity index (χ2v) is 15.9. The van der Waals surface area contributed by atoms with E-state index in [4.69, 9.17) is 0 Å². The average molecular weight is 786 g/mol. The molecule has 0 aliphatic heterocycles. The van der Waals surface area contributed by atoms with Gasteiger partial charge in [-0.15, -0.1) is 0 Å². The molecule has 0 amide bonds. The molecular weight excluding hydrogens is 740 g/mol. The minimum Gasteiger partial charge on any atom is -0.573 e. The van der Waals surface area contributed by atoms with E-state index < -0.39 is 0 Å². The van der Waals surface area contributed by atoms with E-state index in [9.17, 15) is 0 Å². The van der Waals surface area contributed by atoms with Crippen LogP contribution in [0.25, 0.3) is 22.8 Å². The van der Waals surface area contributed by atoms with Crippen molar-refractivity contribution in [3.63, 3.8) is 0 Å². The molecule has 4 aromatic rings. The third-order valence-electron chi connectivity index (χ3n) is 12.8. The summed E-state index contributed by atoms with van der Waals surface area (Å²) in [6.45, 7) is 22.9. The molecule has 45 heavy (non-hydrogen) atoms. The minimum atomic E-state index is 0. The molecule has 4 aromatic heterocycles. The molecule has 8 rings (SSSR count). The van der Waals surface area contributed by atoms with Gasteiger partial charge in [0.05, 0.1) is 11.4 Å². The van der Waals surface area contributed by atoms with Gasteiger partial charge in [-0.3, -0.25) is 0 Å². The van der Waals surface area contributed by atoms with Crippen LogP contribution in [-0.2, 0) is 31.9 Å². The summed E-state index contributed by atoms with van der Waals surface area (Å²) in [5, 5.41) is 18.2. The maximum Gasteiger partial charge on any atom is 2.00 e. The van der Waals surface area contributed by atoms with E-state index >= 15 is 0 Å². The molecule has 2 fully saturated rings. The summed E-state index contributed by atoms with van der Waals surface area (Å²) in [4.78, 5) is 17.7. The number of aromatic nitrogens is 8. The van der Waals surface area contributed by atoms with Crippen molar-refractivity contribution in [1.82, 2.24) is 40.3 Å². The Morgan fingerprint density at radius 2 is 1.00 bits per heavy atom. The van der Waals surface area contributed by atoms with E-state index in [0.717, 1.165) is 34.2 Å². The largest absolute Gasteiger partial charge is 2.00 e. The van der Waals surface area contributed by atoms with Crippen LogP contribution in [0.2, 0.25) is 0 Å². The van der Waals surface area contributed by atoms with Crippen molar-refractivity contribution in [3.8, 4) is 22.8 Å². The fourth-order valence-corrected chi connectivity index (χ4v) is 8.99. The number of hydrogen-bond donors (Lipinski definition) is 0. The van der Waals surface area contributed by atoms with Crippen molar-refractivity contribution in [2.45, 2.75) is 129 Å². The van der Waals surface area contributed by atoms with E-state index in [1.807, 2.05) is 0 Å². The van der Waals surface area contributed by atoms with Crippen LogP contribution in [0.15, 0.2) is 24.8 Å². The number of rotatable bonds is 4. The van der Waals surface area contributed by atoms with Gasteiger partial charge in [-0.2, -0.15) is 0 Å². The van der Waals surface area contributed by atoms with E-state index in [1.54, 1.807) is 12.7 Å². The van der Waals surface area contributed by atoms with Gasteiger partial charge in [-0.25, -0.2) is 19.9 Å². The maximum absolute atomic E-state index is 4.59. The quantitative estimate of drug-likeness (QED) is 0.209. The van der Waals surface area contributed by atoms with Gasteiger partial charge in [0.1, 0.15) is 12.7 Å². The van der Waals surface area contributed by atoms with Crippen molar-refractivity contribution < 1.29 is 21.1 Å². The van der Waals surface area contributed by atoms with Gasteiger partial charge < -0.3 is 20.4 Å². The van der Waals surface area contributed by atoms with Gasteiger partial charge in [0.15, 0.2) is 0 Å². The Labute approximate surface area is 282 Å². The first kappa shape index (κ1) is 32.2. The molecule has 0 spiro atoms. The van der Waals surface area contributed by atoms with Gasteiger partial charge in [0.25, 0.3) is 0 Å². The second-order valence-electron chi connectivity index (χ2n) is 15.9. The predicted octanol–water partition coefficient (Wildman–Crippen LogP) is 7.59. The van der Waals surface area contributed by atoms with Crippen molar-refractivity contribution in [2.75, 3.05) is 0 Å². The van der Waals surface area contributed by atoms with Crippen LogP contribution in [0.1, 0.15) is 152 Å². The van der Waals surface area contributed by atoms with Crippen LogP contribution in [0.5, 0.6) is 0 Å². The monoisotopic (exact) mass is 785 g/mol. The summed E-state index contributed by atoms with van der Waals surface area (Å²) < 4.78 is 0. The summed E-state index contributed by atoms with van der Waals surface area (Å²) in [6, 6.07) is 4.16. The molecule has 0 N–H and O–H groups in total. The van der Waals surface area contributed by atoms with Crippen LogP contribution in [-0.4, -0.2) is 30.1 Å². The molecule has 4 unspecified atom stereocenters. The summed E-state index contributed by atoms with van der Waals surface area (Å²) in [5.74, 6) is 1.89. The maximum atomic E-state index is 4.59. The van der Waals surface area contributed by atoms with E-state index in [2.05, 4.69) is 122 Å². The van der Waals surface area contributed by atoms with Gasteiger partial charge in [0, 0.05) is 33.6 Å². The van der Waals surface area contributed by atoms with Crippen molar-refractivity contribution in [2.24, 2.45) is 10.8 Å². The number of nitrogens with zero attached hydrogens (tertiary/aromatic N) is 8. The fraction of sp³-hybridized carbons (Fsp3) is 0.611. The molecule has 4 heterocycles. The van der Waals surface area contributed by atoms with Gasteiger partial charge in [-0.05, 0) is 83.4 Å². The first-order valence-corrected chi connectivity index (χ1v) is 16.4. The van der Waals surface area contributed by atoms with Crippen LogP contribution in [0.4, 0.5) is 0 Å². The Morgan fingerprint density at radius 1 is 0.622 bits per heavy atom. The molecule has 240 valence electrons. The molecule has 0 radical (unpaired) electrons. The molecule has 4 bridgehead atoms. The molecule has 4 atom stereocenters. The summed E-state index contributed by atoms with van der Waals surface area (Å²) in [7, 11) is 0. The van der Waals surface area contributed by atoms with Crippen molar-refractivity contribution in [3.05, 3.63) is 58.7 Å². The van der Waals surface area contributed by atoms with E-state index in [-0.39, 0.29) is 42.7 Å². The zero-order valence-electron chi connectivity index (χ0n) is 28.3. The van der Waals surface area contributed by atoms with E-state index in [1.165, 1.54) is 48.2 Å². The summed E-state index contributed by atoms with van der Waals surface area (Å²) in [6.07, 6.45) is 8.23. The molecular formula is C36H46N8Pt. The van der Waals surface area contributed by atoms with Crippen LogP contribution < -0.4 is 10.2 Å². The zero-order valence-corrected chi connectivity index (χ0v) is 30.6. The standard InChI is InChI=1S/2C18H23N4.Pt/c2*1-10(2)12-8-13(20-9-19-12)15-14-11-6-7-18(5,17(11,3)4)16(14)22-21-15;/h2*8-11H,6-7H2,1-5H3;/q2*-1;+2. The first-order chi connectivity index (χ1) is 20.7. The molecule has 0 saturated heterocycles. The fourth-order valence-electron chi connectivity index (χ4n) is 8.99. The predicted molar refractivity (Wildman–Crippen MR) is 172 cm³/mol. The second kappa shape index (κ2) is 10.6. The topological polar surface area (TPSA) is 106 Å². The van der Waals surface area contributed by atoms with Crippen molar-refractivity contribution in [1.29, 1.82) is 0 Å². The minimum absolute atomic E-state index is 0. The summed E-state index contributed by atoms with van der Waals surface area (Å²) in [5.41, 5.74) is 11.9. The molecule has 4 aliphatic rings. The van der Waals surface area contributed by atoms with Crippen molar-refractivity contribution >= 4 is 0 Å². The first-order valence-electron chi connectivity index (χ1n) is 16.4. The Hall–Kier alpha value is -2.73.